The quantitative estimate of drug-likeness (QED) is 0.806. The van der Waals surface area contributed by atoms with E-state index in [0.717, 1.165) is 24.3 Å². The maximum absolute atomic E-state index is 6.11. The average Bonchev–Trinajstić information content (AvgIpc) is 2.69. The summed E-state index contributed by atoms with van der Waals surface area (Å²) in [5, 5.41) is 0.645. The summed E-state index contributed by atoms with van der Waals surface area (Å²) in [5.74, 6) is 0. The first-order valence-electron chi connectivity index (χ1n) is 5.03. The normalized spacial score (nSPS) is 15.7. The molecule has 0 unspecified atom stereocenters. The second kappa shape index (κ2) is 4.37. The average molecular weight is 241 g/mol. The molecule has 2 N–H and O–H groups in total. The Kier molecular flexibility index (Phi) is 3.12. The van der Waals surface area contributed by atoms with Gasteiger partial charge in [-0.05, 0) is 25.0 Å². The first-order valence-corrected chi connectivity index (χ1v) is 5.82. The van der Waals surface area contributed by atoms with Crippen LogP contribution in [0.4, 0.5) is 5.69 Å². The molecule has 0 spiro atoms. The van der Waals surface area contributed by atoms with E-state index >= 15 is 0 Å². The minimum absolute atomic E-state index is 0.377. The van der Waals surface area contributed by atoms with E-state index in [0.29, 0.717) is 10.0 Å². The van der Waals surface area contributed by atoms with Crippen LogP contribution in [-0.4, -0.2) is 18.1 Å². The molecule has 80 valence electrons. The molecule has 0 atom stereocenters. The van der Waals surface area contributed by atoms with Gasteiger partial charge in [0.15, 0.2) is 0 Å². The summed E-state index contributed by atoms with van der Waals surface area (Å²) >= 11 is 11.1. The van der Waals surface area contributed by atoms with Crippen molar-refractivity contribution in [2.45, 2.75) is 12.8 Å². The maximum atomic E-state index is 6.11. The Morgan fingerprint density at radius 3 is 2.60 bits per heavy atom. The number of benzene rings is 1. The third kappa shape index (κ3) is 2.08. The summed E-state index contributed by atoms with van der Waals surface area (Å²) in [6, 6.07) is 5.80. The van der Waals surface area contributed by atoms with Crippen LogP contribution in [-0.2, 0) is 0 Å². The fourth-order valence-electron chi connectivity index (χ4n) is 1.98. The summed E-state index contributed by atoms with van der Waals surface area (Å²) in [6.45, 7) is 2.13. The van der Waals surface area contributed by atoms with Gasteiger partial charge in [-0.25, -0.2) is 0 Å². The monoisotopic (exact) mass is 240 g/mol. The highest BCUT2D eigenvalue weighted by Crippen LogP contribution is 2.29. The molecular weight excluding hydrogens is 228 g/mol. The van der Waals surface area contributed by atoms with Crippen molar-refractivity contribution in [1.29, 1.82) is 0 Å². The molecule has 0 bridgehead atoms. The number of rotatable bonds is 2. The van der Waals surface area contributed by atoms with E-state index in [-0.39, 0.29) is 0 Å². The van der Waals surface area contributed by atoms with E-state index in [1.54, 1.807) is 0 Å². The van der Waals surface area contributed by atoms with Gasteiger partial charge in [0.25, 0.3) is 0 Å². The molecule has 1 aromatic carbocycles. The van der Waals surface area contributed by atoms with Crippen molar-refractivity contribution in [1.82, 2.24) is 0 Å². The molecule has 1 fully saturated rings. The van der Waals surface area contributed by atoms with Crippen LogP contribution in [0.25, 0.3) is 0 Å². The molecule has 0 saturated carbocycles. The summed E-state index contributed by atoms with van der Waals surface area (Å²) in [4.78, 5) is 2.67. The number of hydrogen-bond donors (Lipinski definition) is 1. The Hall–Kier alpha value is -0.800. The van der Waals surface area contributed by atoms with Crippen molar-refractivity contribution >= 4 is 34.5 Å². The Morgan fingerprint density at radius 1 is 1.33 bits per heavy atom. The zero-order valence-corrected chi connectivity index (χ0v) is 9.94. The van der Waals surface area contributed by atoms with Gasteiger partial charge in [-0.1, -0.05) is 29.9 Å². The zero-order chi connectivity index (χ0) is 10.8. The van der Waals surface area contributed by atoms with E-state index in [1.165, 1.54) is 12.8 Å². The van der Waals surface area contributed by atoms with E-state index in [4.69, 9.17) is 29.6 Å². The van der Waals surface area contributed by atoms with Crippen LogP contribution in [0.2, 0.25) is 5.02 Å². The minimum atomic E-state index is 0.377. The topological polar surface area (TPSA) is 29.3 Å². The molecule has 2 rings (SSSR count). The molecule has 1 saturated heterocycles. The van der Waals surface area contributed by atoms with Gasteiger partial charge in [0.1, 0.15) is 4.99 Å². The van der Waals surface area contributed by atoms with Crippen molar-refractivity contribution in [2.75, 3.05) is 18.0 Å². The number of nitrogens with two attached hydrogens (primary N) is 1. The molecule has 0 aromatic heterocycles. The predicted octanol–water partition coefficient (Wildman–Crippen LogP) is 2.57. The fourth-order valence-corrected chi connectivity index (χ4v) is 2.52. The first kappa shape index (κ1) is 10.7. The summed E-state index contributed by atoms with van der Waals surface area (Å²) in [7, 11) is 0. The van der Waals surface area contributed by atoms with E-state index in [2.05, 4.69) is 4.90 Å². The zero-order valence-electron chi connectivity index (χ0n) is 8.37. The summed E-state index contributed by atoms with van der Waals surface area (Å²) < 4.78 is 0. The van der Waals surface area contributed by atoms with Crippen LogP contribution in [0.5, 0.6) is 0 Å². The van der Waals surface area contributed by atoms with Gasteiger partial charge >= 0.3 is 0 Å². The van der Waals surface area contributed by atoms with Crippen LogP contribution in [0.1, 0.15) is 18.4 Å². The minimum Gasteiger partial charge on any atom is -0.389 e. The lowest BCUT2D eigenvalue weighted by molar-refractivity contribution is 0.949. The molecule has 0 amide bonds. The largest absolute Gasteiger partial charge is 0.389 e. The molecule has 0 aliphatic carbocycles. The molecule has 0 radical (unpaired) electrons. The van der Waals surface area contributed by atoms with Gasteiger partial charge in [-0.3, -0.25) is 0 Å². The second-order valence-corrected chi connectivity index (χ2v) is 4.54. The van der Waals surface area contributed by atoms with Crippen LogP contribution >= 0.6 is 23.8 Å². The van der Waals surface area contributed by atoms with Crippen molar-refractivity contribution in [3.63, 3.8) is 0 Å². The summed E-state index contributed by atoms with van der Waals surface area (Å²) in [5.41, 5.74) is 7.60. The Balaban J connectivity index is 2.45. The molecule has 1 aromatic rings. The van der Waals surface area contributed by atoms with Crippen LogP contribution < -0.4 is 10.6 Å². The van der Waals surface area contributed by atoms with Gasteiger partial charge in [0, 0.05) is 18.8 Å². The molecule has 1 heterocycles. The summed E-state index contributed by atoms with van der Waals surface area (Å²) in [6.07, 6.45) is 2.45. The molecule has 1 aliphatic heterocycles. The van der Waals surface area contributed by atoms with Gasteiger partial charge < -0.3 is 10.6 Å². The van der Waals surface area contributed by atoms with Crippen LogP contribution in [0.3, 0.4) is 0 Å². The third-order valence-corrected chi connectivity index (χ3v) is 3.20. The predicted molar refractivity (Wildman–Crippen MR) is 68.8 cm³/mol. The number of anilines is 1. The number of thiocarbonyl (C=S) groups is 1. The molecule has 1 aliphatic rings. The van der Waals surface area contributed by atoms with Gasteiger partial charge in [-0.2, -0.15) is 0 Å². The molecule has 15 heavy (non-hydrogen) atoms. The van der Waals surface area contributed by atoms with Gasteiger partial charge in [0.2, 0.25) is 0 Å². The highest BCUT2D eigenvalue weighted by Gasteiger charge is 2.18. The van der Waals surface area contributed by atoms with Crippen LogP contribution in [0, 0.1) is 0 Å². The van der Waals surface area contributed by atoms with E-state index < -0.39 is 0 Å². The highest BCUT2D eigenvalue weighted by molar-refractivity contribution is 7.80. The standard InChI is InChI=1S/C11H13ClN2S/c12-8-4-3-5-9(10(8)11(13)15)14-6-1-2-7-14/h3-5H,1-2,6-7H2,(H2,13,15). The Morgan fingerprint density at radius 2 is 2.00 bits per heavy atom. The van der Waals surface area contributed by atoms with E-state index in [1.807, 2.05) is 18.2 Å². The SMILES string of the molecule is NC(=S)c1c(Cl)cccc1N1CCCC1. The fraction of sp³-hybridized carbons (Fsp3) is 0.364. The van der Waals surface area contributed by atoms with Crippen LogP contribution in [0.15, 0.2) is 18.2 Å². The van der Waals surface area contributed by atoms with Gasteiger partial charge in [-0.15, -0.1) is 0 Å². The second-order valence-electron chi connectivity index (χ2n) is 3.69. The lowest BCUT2D eigenvalue weighted by Crippen LogP contribution is -2.22. The Labute approximate surface area is 100 Å². The van der Waals surface area contributed by atoms with Crippen molar-refractivity contribution in [3.8, 4) is 0 Å². The van der Waals surface area contributed by atoms with Crippen molar-refractivity contribution in [2.24, 2.45) is 5.73 Å². The molecule has 4 heteroatoms. The lowest BCUT2D eigenvalue weighted by atomic mass is 10.1. The number of halogens is 1. The number of hydrogen-bond acceptors (Lipinski definition) is 2. The smallest absolute Gasteiger partial charge is 0.107 e. The third-order valence-electron chi connectivity index (χ3n) is 2.68. The van der Waals surface area contributed by atoms with Crippen molar-refractivity contribution < 1.29 is 0 Å². The maximum Gasteiger partial charge on any atom is 0.107 e. The molecule has 2 nitrogen and oxygen atoms in total. The number of nitrogens with zero attached hydrogens (tertiary/aromatic N) is 1. The first-order chi connectivity index (χ1) is 7.20. The van der Waals surface area contributed by atoms with Crippen molar-refractivity contribution in [3.05, 3.63) is 28.8 Å². The Bertz CT molecular complexity index is 386. The van der Waals surface area contributed by atoms with Gasteiger partial charge in [0.05, 0.1) is 10.6 Å². The van der Waals surface area contributed by atoms with E-state index in [9.17, 15) is 0 Å². The lowest BCUT2D eigenvalue weighted by Gasteiger charge is -2.21. The molecular formula is C11H13ClN2S. The highest BCUT2D eigenvalue weighted by atomic mass is 35.5.